The number of aromatic nitrogens is 2. The quantitative estimate of drug-likeness (QED) is 0.402. The molecule has 1 aromatic carbocycles. The average molecular weight is 474 g/mol. The molecule has 8 nitrogen and oxygen atoms in total. The number of aliphatic imine (C=N–C) groups is 1. The van der Waals surface area contributed by atoms with Crippen LogP contribution in [0.2, 0.25) is 0 Å². The van der Waals surface area contributed by atoms with Gasteiger partial charge < -0.3 is 10.2 Å². The number of hydrogen-bond donors (Lipinski definition) is 2. The zero-order valence-electron chi connectivity index (χ0n) is 19.8. The predicted molar refractivity (Wildman–Crippen MR) is 137 cm³/mol. The summed E-state index contributed by atoms with van der Waals surface area (Å²) in [5.74, 6) is -0.0838. The first kappa shape index (κ1) is 23.5. The van der Waals surface area contributed by atoms with E-state index in [1.807, 2.05) is 24.3 Å². The van der Waals surface area contributed by atoms with Gasteiger partial charge in [-0.2, -0.15) is 0 Å². The van der Waals surface area contributed by atoms with Crippen LogP contribution in [0, 0.1) is 0 Å². The van der Waals surface area contributed by atoms with Gasteiger partial charge in [0.05, 0.1) is 29.8 Å². The molecule has 3 aromatic rings. The minimum absolute atomic E-state index is 0.0830. The second kappa shape index (κ2) is 10.6. The summed E-state index contributed by atoms with van der Waals surface area (Å²) in [5, 5.41) is 21.7. The van der Waals surface area contributed by atoms with Gasteiger partial charge in [-0.15, -0.1) is 0 Å². The maximum Gasteiger partial charge on any atom is 0.168 e. The fourth-order valence-corrected chi connectivity index (χ4v) is 5.00. The summed E-state index contributed by atoms with van der Waals surface area (Å²) in [6, 6.07) is 10.0. The van der Waals surface area contributed by atoms with Crippen molar-refractivity contribution in [2.24, 2.45) is 4.99 Å². The number of carbonyl (C=O) groups excluding carboxylic acids is 1. The number of allylic oxidation sites excluding steroid dienone is 2. The van der Waals surface area contributed by atoms with Crippen LogP contribution in [0.1, 0.15) is 24.3 Å². The second-order valence-corrected chi connectivity index (χ2v) is 9.31. The third-order valence-electron chi connectivity index (χ3n) is 7.05. The SMILES string of the molecule is O=C1CC(c2cnc3c(ccc4cccnc43)c2)CC(O)=C1C=NCCN1CCN(CCO)CC1. The molecule has 1 unspecified atom stereocenters. The van der Waals surface area contributed by atoms with Crippen LogP contribution < -0.4 is 0 Å². The highest BCUT2D eigenvalue weighted by Crippen LogP contribution is 2.34. The van der Waals surface area contributed by atoms with Crippen LogP contribution in [0.4, 0.5) is 0 Å². The van der Waals surface area contributed by atoms with Crippen LogP contribution in [0.5, 0.6) is 0 Å². The lowest BCUT2D eigenvalue weighted by atomic mass is 9.83. The Morgan fingerprint density at radius 2 is 1.74 bits per heavy atom. The number of benzene rings is 1. The molecule has 0 saturated carbocycles. The lowest BCUT2D eigenvalue weighted by Gasteiger charge is -2.33. The summed E-state index contributed by atoms with van der Waals surface area (Å²) in [4.78, 5) is 31.0. The number of rotatable bonds is 7. The number of aliphatic hydroxyl groups excluding tert-OH is 2. The van der Waals surface area contributed by atoms with Gasteiger partial charge in [0.15, 0.2) is 5.78 Å². The number of fused-ring (bicyclic) bond motifs is 3. The zero-order chi connectivity index (χ0) is 24.2. The van der Waals surface area contributed by atoms with E-state index in [1.165, 1.54) is 0 Å². The van der Waals surface area contributed by atoms with Crippen molar-refractivity contribution >= 4 is 33.8 Å². The molecule has 0 spiro atoms. The fourth-order valence-electron chi connectivity index (χ4n) is 5.00. The van der Waals surface area contributed by atoms with E-state index in [-0.39, 0.29) is 24.1 Å². The molecule has 5 rings (SSSR count). The van der Waals surface area contributed by atoms with E-state index >= 15 is 0 Å². The van der Waals surface area contributed by atoms with Crippen molar-refractivity contribution in [3.8, 4) is 0 Å². The van der Waals surface area contributed by atoms with E-state index in [0.717, 1.165) is 66.6 Å². The molecule has 1 fully saturated rings. The zero-order valence-corrected chi connectivity index (χ0v) is 19.8. The van der Waals surface area contributed by atoms with Gasteiger partial charge in [0, 0.05) is 81.5 Å². The first-order chi connectivity index (χ1) is 17.1. The molecule has 2 N–H and O–H groups in total. The van der Waals surface area contributed by atoms with E-state index in [0.29, 0.717) is 25.0 Å². The molecule has 8 heteroatoms. The molecule has 182 valence electrons. The second-order valence-electron chi connectivity index (χ2n) is 9.31. The highest BCUT2D eigenvalue weighted by atomic mass is 16.3. The molecule has 1 aliphatic carbocycles. The Labute approximate surface area is 204 Å². The normalized spacial score (nSPS) is 20.5. The minimum atomic E-state index is -0.105. The highest BCUT2D eigenvalue weighted by molar-refractivity contribution is 6.14. The fraction of sp³-hybridized carbons (Fsp3) is 0.407. The third kappa shape index (κ3) is 5.24. The number of hydrogen-bond acceptors (Lipinski definition) is 8. The van der Waals surface area contributed by atoms with Crippen molar-refractivity contribution in [1.29, 1.82) is 0 Å². The Balaban J connectivity index is 1.22. The molecular weight excluding hydrogens is 442 g/mol. The Morgan fingerprint density at radius 1 is 1.00 bits per heavy atom. The lowest BCUT2D eigenvalue weighted by molar-refractivity contribution is -0.116. The Morgan fingerprint density at radius 3 is 2.51 bits per heavy atom. The Kier molecular flexibility index (Phi) is 7.13. The monoisotopic (exact) mass is 473 g/mol. The molecule has 2 aliphatic rings. The van der Waals surface area contributed by atoms with Crippen molar-refractivity contribution in [2.45, 2.75) is 18.8 Å². The maximum absolute atomic E-state index is 12.8. The van der Waals surface area contributed by atoms with Crippen molar-refractivity contribution < 1.29 is 15.0 Å². The molecule has 1 saturated heterocycles. The van der Waals surface area contributed by atoms with Crippen LogP contribution in [0.25, 0.3) is 21.8 Å². The van der Waals surface area contributed by atoms with Crippen LogP contribution >= 0.6 is 0 Å². The maximum atomic E-state index is 12.8. The summed E-state index contributed by atoms with van der Waals surface area (Å²) in [7, 11) is 0. The molecule has 0 amide bonds. The largest absolute Gasteiger partial charge is 0.511 e. The molecule has 3 heterocycles. The standard InChI is InChI=1S/C27H31N5O3/c33-13-12-32-10-8-31(9-11-32)7-6-28-18-23-24(34)15-21(16-25(23)35)22-14-20-4-3-19-2-1-5-29-26(19)27(20)30-17-22/h1-5,14,17-18,21,33-34H,6-13,15-16H2. The number of β-amino-alcohol motifs (C(OH)–C–C–N with tert-alkyl or cyclic N) is 1. The van der Waals surface area contributed by atoms with E-state index < -0.39 is 0 Å². The van der Waals surface area contributed by atoms with E-state index in [2.05, 4.69) is 30.8 Å². The van der Waals surface area contributed by atoms with Gasteiger partial charge in [-0.25, -0.2) is 0 Å². The molecule has 0 radical (unpaired) electrons. The molecule has 35 heavy (non-hydrogen) atoms. The number of aliphatic hydroxyl groups is 2. The number of Topliss-reactive ketones (excluding diaryl/α,β-unsaturated/α-hetero) is 1. The molecule has 2 aromatic heterocycles. The first-order valence-electron chi connectivity index (χ1n) is 12.3. The van der Waals surface area contributed by atoms with Gasteiger partial charge >= 0.3 is 0 Å². The summed E-state index contributed by atoms with van der Waals surface area (Å²) < 4.78 is 0. The third-order valence-corrected chi connectivity index (χ3v) is 7.05. The van der Waals surface area contributed by atoms with Crippen molar-refractivity contribution in [2.75, 3.05) is 52.4 Å². The van der Waals surface area contributed by atoms with Crippen LogP contribution in [-0.4, -0.2) is 94.4 Å². The first-order valence-corrected chi connectivity index (χ1v) is 12.3. The summed E-state index contributed by atoms with van der Waals surface area (Å²) >= 11 is 0. The van der Waals surface area contributed by atoms with Gasteiger partial charge in [-0.1, -0.05) is 18.2 Å². The van der Waals surface area contributed by atoms with Gasteiger partial charge in [-0.3, -0.25) is 29.6 Å². The molecule has 1 aliphatic heterocycles. The number of nitrogens with zero attached hydrogens (tertiary/aromatic N) is 5. The van der Waals surface area contributed by atoms with Gasteiger partial charge in [0.1, 0.15) is 5.76 Å². The lowest BCUT2D eigenvalue weighted by Crippen LogP contribution is -2.47. The topological polar surface area (TPSA) is 102 Å². The minimum Gasteiger partial charge on any atom is -0.511 e. The average Bonchev–Trinajstić information content (AvgIpc) is 2.88. The Hall–Kier alpha value is -3.20. The number of pyridine rings is 2. The molecular formula is C27H31N5O3. The van der Waals surface area contributed by atoms with Crippen molar-refractivity contribution in [1.82, 2.24) is 19.8 Å². The van der Waals surface area contributed by atoms with E-state index in [4.69, 9.17) is 5.11 Å². The smallest absolute Gasteiger partial charge is 0.168 e. The molecule has 0 bridgehead atoms. The summed E-state index contributed by atoms with van der Waals surface area (Å²) in [5.41, 5.74) is 2.99. The highest BCUT2D eigenvalue weighted by Gasteiger charge is 2.28. The van der Waals surface area contributed by atoms with Crippen LogP contribution in [0.3, 0.4) is 0 Å². The summed E-state index contributed by atoms with van der Waals surface area (Å²) in [6.07, 6.45) is 5.85. The van der Waals surface area contributed by atoms with Crippen LogP contribution in [-0.2, 0) is 4.79 Å². The number of ketones is 1. The molecule has 1 atom stereocenters. The van der Waals surface area contributed by atoms with Crippen LogP contribution in [0.15, 0.2) is 59.1 Å². The van der Waals surface area contributed by atoms with Crippen molar-refractivity contribution in [3.63, 3.8) is 0 Å². The number of carbonyl (C=O) groups is 1. The van der Waals surface area contributed by atoms with E-state index in [1.54, 1.807) is 18.6 Å². The summed E-state index contributed by atoms with van der Waals surface area (Å²) in [6.45, 7) is 6.14. The van der Waals surface area contributed by atoms with Crippen molar-refractivity contribution in [3.05, 3.63) is 59.6 Å². The van der Waals surface area contributed by atoms with Gasteiger partial charge in [0.25, 0.3) is 0 Å². The number of piperazine rings is 1. The predicted octanol–water partition coefficient (Wildman–Crippen LogP) is 2.72. The van der Waals surface area contributed by atoms with Gasteiger partial charge in [0.2, 0.25) is 0 Å². The van der Waals surface area contributed by atoms with Gasteiger partial charge in [-0.05, 0) is 23.6 Å². The van der Waals surface area contributed by atoms with E-state index in [9.17, 15) is 9.90 Å². The Bertz CT molecular complexity index is 1280.